The molecule has 0 aliphatic carbocycles. The van der Waals surface area contributed by atoms with Gasteiger partial charge in [0.15, 0.2) is 0 Å². The maximum Gasteiger partial charge on any atom is 0.326 e. The van der Waals surface area contributed by atoms with Crippen molar-refractivity contribution in [2.24, 2.45) is 0 Å². The zero-order valence-electron chi connectivity index (χ0n) is 21.2. The standard InChI is InChI=1S/C27H29ClN6O3S/c1-17(2)33(26(36)29-19-9-7-18(28)8-10-19)15-24-30-22(16-38-24)25(35)32-13-11-20(12-14-32)34-23-6-4-3-5-21(23)31-27(34)37/h3-10,16-17,20H,11-15H2,1-2H3,(H,29,36)(H,31,37). The van der Waals surface area contributed by atoms with Gasteiger partial charge < -0.3 is 20.1 Å². The molecule has 0 radical (unpaired) electrons. The number of urea groups is 1. The van der Waals surface area contributed by atoms with Gasteiger partial charge in [0.2, 0.25) is 0 Å². The van der Waals surface area contributed by atoms with E-state index in [0.717, 1.165) is 11.0 Å². The number of rotatable bonds is 6. The van der Waals surface area contributed by atoms with E-state index in [4.69, 9.17) is 11.6 Å². The molecule has 3 amide bonds. The average molecular weight is 553 g/mol. The normalized spacial score (nSPS) is 14.3. The molecule has 0 saturated carbocycles. The van der Waals surface area contributed by atoms with Gasteiger partial charge in [-0.15, -0.1) is 11.3 Å². The van der Waals surface area contributed by atoms with Crippen LogP contribution >= 0.6 is 22.9 Å². The molecule has 2 N–H and O–H groups in total. The highest BCUT2D eigenvalue weighted by Gasteiger charge is 2.28. The third kappa shape index (κ3) is 5.46. The summed E-state index contributed by atoms with van der Waals surface area (Å²) < 4.78 is 1.81. The first-order valence-electron chi connectivity index (χ1n) is 12.6. The number of nitrogens with zero attached hydrogens (tertiary/aromatic N) is 4. The lowest BCUT2D eigenvalue weighted by Gasteiger charge is -2.32. The minimum Gasteiger partial charge on any atom is -0.337 e. The molecule has 0 spiro atoms. The second-order valence-corrected chi connectivity index (χ2v) is 11.0. The third-order valence-electron chi connectivity index (χ3n) is 6.80. The van der Waals surface area contributed by atoms with Crippen LogP contribution in [0, 0.1) is 0 Å². The lowest BCUT2D eigenvalue weighted by Crippen LogP contribution is -2.41. The van der Waals surface area contributed by atoms with Crippen LogP contribution in [0.25, 0.3) is 11.0 Å². The van der Waals surface area contributed by atoms with Crippen molar-refractivity contribution in [3.8, 4) is 0 Å². The van der Waals surface area contributed by atoms with Crippen LogP contribution < -0.4 is 11.0 Å². The maximum atomic E-state index is 13.2. The molecule has 1 aliphatic heterocycles. The zero-order chi connectivity index (χ0) is 26.8. The minimum atomic E-state index is -0.250. The molecule has 5 rings (SSSR count). The molecule has 4 aromatic rings. The van der Waals surface area contributed by atoms with E-state index in [0.29, 0.717) is 53.9 Å². The number of H-pyrrole nitrogens is 1. The van der Waals surface area contributed by atoms with Crippen molar-refractivity contribution in [1.82, 2.24) is 24.3 Å². The number of amides is 3. The number of benzene rings is 2. The number of para-hydroxylation sites is 2. The molecular weight excluding hydrogens is 524 g/mol. The van der Waals surface area contributed by atoms with E-state index in [-0.39, 0.29) is 29.7 Å². The molecule has 3 heterocycles. The van der Waals surface area contributed by atoms with Gasteiger partial charge in [-0.1, -0.05) is 23.7 Å². The average Bonchev–Trinajstić information content (AvgIpc) is 3.51. The molecule has 1 saturated heterocycles. The number of halogens is 1. The number of imidazole rings is 1. The number of carbonyl (C=O) groups excluding carboxylic acids is 2. The summed E-state index contributed by atoms with van der Waals surface area (Å²) in [6.45, 7) is 5.25. The van der Waals surface area contributed by atoms with E-state index in [1.54, 1.807) is 39.4 Å². The maximum absolute atomic E-state index is 13.2. The Kier molecular flexibility index (Phi) is 7.53. The number of hydrogen-bond acceptors (Lipinski definition) is 5. The van der Waals surface area contributed by atoms with Crippen LogP contribution in [0.5, 0.6) is 0 Å². The lowest BCUT2D eigenvalue weighted by atomic mass is 10.0. The summed E-state index contributed by atoms with van der Waals surface area (Å²) in [4.78, 5) is 49.6. The summed E-state index contributed by atoms with van der Waals surface area (Å²) in [5, 5.41) is 5.93. The van der Waals surface area contributed by atoms with Gasteiger partial charge in [0.05, 0.1) is 17.6 Å². The van der Waals surface area contributed by atoms with Crippen LogP contribution in [0.3, 0.4) is 0 Å². The number of aromatic amines is 1. The fourth-order valence-electron chi connectivity index (χ4n) is 4.77. The SMILES string of the molecule is CC(C)N(Cc1nc(C(=O)N2CCC(n3c(=O)[nH]c4ccccc43)CC2)cs1)C(=O)Nc1ccc(Cl)cc1. The van der Waals surface area contributed by atoms with Gasteiger partial charge in [-0.2, -0.15) is 0 Å². The van der Waals surface area contributed by atoms with Crippen molar-refractivity contribution >= 4 is 51.6 Å². The number of fused-ring (bicyclic) bond motifs is 1. The number of piperidine rings is 1. The Morgan fingerprint density at radius 2 is 1.87 bits per heavy atom. The van der Waals surface area contributed by atoms with Gasteiger partial charge in [-0.05, 0) is 63.1 Å². The summed E-state index contributed by atoms with van der Waals surface area (Å²) in [6.07, 6.45) is 1.38. The highest BCUT2D eigenvalue weighted by molar-refractivity contribution is 7.09. The van der Waals surface area contributed by atoms with Crippen LogP contribution in [0.4, 0.5) is 10.5 Å². The summed E-state index contributed by atoms with van der Waals surface area (Å²) in [6, 6.07) is 14.3. The van der Waals surface area contributed by atoms with Crippen molar-refractivity contribution < 1.29 is 9.59 Å². The third-order valence-corrected chi connectivity index (χ3v) is 7.88. The Morgan fingerprint density at radius 1 is 1.16 bits per heavy atom. The lowest BCUT2D eigenvalue weighted by molar-refractivity contribution is 0.0689. The molecule has 2 aromatic heterocycles. The smallest absolute Gasteiger partial charge is 0.326 e. The molecule has 38 heavy (non-hydrogen) atoms. The predicted molar refractivity (Wildman–Crippen MR) is 150 cm³/mol. The highest BCUT2D eigenvalue weighted by Crippen LogP contribution is 2.26. The summed E-state index contributed by atoms with van der Waals surface area (Å²) >= 11 is 7.30. The van der Waals surface area contributed by atoms with Crippen LogP contribution in [0.1, 0.15) is 48.2 Å². The van der Waals surface area contributed by atoms with Crippen LogP contribution in [-0.2, 0) is 6.54 Å². The topological polar surface area (TPSA) is 103 Å². The van der Waals surface area contributed by atoms with Crippen LogP contribution in [0.15, 0.2) is 58.7 Å². The van der Waals surface area contributed by atoms with Crippen molar-refractivity contribution in [2.75, 3.05) is 18.4 Å². The van der Waals surface area contributed by atoms with Gasteiger partial charge in [0.1, 0.15) is 10.7 Å². The Morgan fingerprint density at radius 3 is 2.58 bits per heavy atom. The molecule has 2 aromatic carbocycles. The van der Waals surface area contributed by atoms with E-state index < -0.39 is 0 Å². The monoisotopic (exact) mass is 552 g/mol. The van der Waals surface area contributed by atoms with E-state index in [2.05, 4.69) is 15.3 Å². The van der Waals surface area contributed by atoms with Crippen LogP contribution in [-0.4, -0.2) is 55.4 Å². The molecule has 198 valence electrons. The molecule has 0 bridgehead atoms. The van der Waals surface area contributed by atoms with E-state index in [1.165, 1.54) is 11.3 Å². The van der Waals surface area contributed by atoms with E-state index in [1.807, 2.05) is 42.7 Å². The molecule has 9 nitrogen and oxygen atoms in total. The fourth-order valence-corrected chi connectivity index (χ4v) is 5.66. The Labute approximate surface area is 229 Å². The van der Waals surface area contributed by atoms with Crippen LogP contribution in [0.2, 0.25) is 5.02 Å². The van der Waals surface area contributed by atoms with Crippen molar-refractivity contribution in [2.45, 2.75) is 45.3 Å². The second-order valence-electron chi connectivity index (χ2n) is 9.63. The molecule has 1 aliphatic rings. The van der Waals surface area contributed by atoms with Gasteiger partial charge in [0, 0.05) is 41.3 Å². The number of likely N-dealkylation sites (tertiary alicyclic amines) is 1. The first-order chi connectivity index (χ1) is 18.3. The van der Waals surface area contributed by atoms with E-state index in [9.17, 15) is 14.4 Å². The highest BCUT2D eigenvalue weighted by atomic mass is 35.5. The Balaban J connectivity index is 1.21. The van der Waals surface area contributed by atoms with Gasteiger partial charge in [0.25, 0.3) is 5.91 Å². The zero-order valence-corrected chi connectivity index (χ0v) is 22.8. The Bertz CT molecular complexity index is 1500. The van der Waals surface area contributed by atoms with Crippen molar-refractivity contribution in [3.63, 3.8) is 0 Å². The van der Waals surface area contributed by atoms with Gasteiger partial charge >= 0.3 is 11.7 Å². The summed E-state index contributed by atoms with van der Waals surface area (Å²) in [5.41, 5.74) is 2.63. The first kappa shape index (κ1) is 26.0. The number of hydrogen-bond donors (Lipinski definition) is 2. The molecule has 0 unspecified atom stereocenters. The first-order valence-corrected chi connectivity index (χ1v) is 13.8. The molecule has 1 fully saturated rings. The summed E-state index contributed by atoms with van der Waals surface area (Å²) in [7, 11) is 0. The number of anilines is 1. The van der Waals surface area contributed by atoms with Crippen molar-refractivity contribution in [3.05, 3.63) is 80.1 Å². The molecular formula is C27H29ClN6O3S. The second kappa shape index (κ2) is 11.0. The molecule has 11 heteroatoms. The predicted octanol–water partition coefficient (Wildman–Crippen LogP) is 5.36. The minimum absolute atomic E-state index is 0.0347. The number of aromatic nitrogens is 3. The largest absolute Gasteiger partial charge is 0.337 e. The number of nitrogens with one attached hydrogen (secondary N) is 2. The van der Waals surface area contributed by atoms with E-state index >= 15 is 0 Å². The molecule has 0 atom stereocenters. The number of thiazole rings is 1. The Hall–Kier alpha value is -3.63. The van der Waals surface area contributed by atoms with Gasteiger partial charge in [-0.25, -0.2) is 14.6 Å². The summed E-state index contributed by atoms with van der Waals surface area (Å²) in [5.74, 6) is -0.126. The number of carbonyl (C=O) groups is 2. The fraction of sp³-hybridized carbons (Fsp3) is 0.333. The van der Waals surface area contributed by atoms with Gasteiger partial charge in [-0.3, -0.25) is 9.36 Å². The van der Waals surface area contributed by atoms with Crippen molar-refractivity contribution in [1.29, 1.82) is 0 Å². The quantitative estimate of drug-likeness (QED) is 0.336.